The van der Waals surface area contributed by atoms with Crippen LogP contribution in [0.5, 0.6) is 0 Å². The number of carbonyl (C=O) groups is 1. The number of nitrogens with one attached hydrogen (secondary N) is 1. The summed E-state index contributed by atoms with van der Waals surface area (Å²) in [6.45, 7) is 3.30. The van der Waals surface area contributed by atoms with Crippen LogP contribution in [0.15, 0.2) is 29.2 Å². The van der Waals surface area contributed by atoms with Gasteiger partial charge in [-0.1, -0.05) is 19.9 Å². The smallest absolute Gasteiger partial charge is 0.337 e. The number of benzene rings is 1. The van der Waals surface area contributed by atoms with Crippen molar-refractivity contribution < 1.29 is 23.1 Å². The Morgan fingerprint density at radius 2 is 1.95 bits per heavy atom. The number of methoxy groups -OCH3 is 1. The molecule has 0 aliphatic rings. The Labute approximate surface area is 125 Å². The van der Waals surface area contributed by atoms with Crippen LogP contribution in [0.25, 0.3) is 0 Å². The lowest BCUT2D eigenvalue weighted by atomic mass is 9.96. The first kappa shape index (κ1) is 17.6. The van der Waals surface area contributed by atoms with Crippen LogP contribution in [0.2, 0.25) is 0 Å². The van der Waals surface area contributed by atoms with E-state index < -0.39 is 21.5 Å². The largest absolute Gasteiger partial charge is 0.465 e. The van der Waals surface area contributed by atoms with Gasteiger partial charge in [0.15, 0.2) is 0 Å². The molecular weight excluding hydrogens is 294 g/mol. The van der Waals surface area contributed by atoms with Crippen LogP contribution >= 0.6 is 0 Å². The Hall–Kier alpha value is -1.44. The molecule has 0 atom stereocenters. The van der Waals surface area contributed by atoms with Crippen molar-refractivity contribution in [1.29, 1.82) is 0 Å². The van der Waals surface area contributed by atoms with Gasteiger partial charge in [-0.15, -0.1) is 0 Å². The number of hydrogen-bond donors (Lipinski definition) is 2. The molecule has 2 N–H and O–H groups in total. The lowest BCUT2D eigenvalue weighted by Gasteiger charge is -2.30. The SMILES string of the molecule is CCC(CC)(CO)NS(=O)(=O)c1cccc(C(=O)OC)c1. The van der Waals surface area contributed by atoms with E-state index in [0.29, 0.717) is 12.8 Å². The van der Waals surface area contributed by atoms with Crippen LogP contribution in [-0.4, -0.2) is 38.7 Å². The quantitative estimate of drug-likeness (QED) is 0.740. The van der Waals surface area contributed by atoms with Gasteiger partial charge in [0, 0.05) is 0 Å². The van der Waals surface area contributed by atoms with E-state index in [-0.39, 0.29) is 17.1 Å². The Kier molecular flexibility index (Phi) is 5.88. The van der Waals surface area contributed by atoms with E-state index in [1.807, 2.05) is 0 Å². The zero-order valence-electron chi connectivity index (χ0n) is 12.4. The summed E-state index contributed by atoms with van der Waals surface area (Å²) in [6, 6.07) is 5.59. The molecule has 1 rings (SSSR count). The molecule has 0 saturated heterocycles. The normalized spacial score (nSPS) is 12.2. The first-order valence-electron chi connectivity index (χ1n) is 6.67. The van der Waals surface area contributed by atoms with Crippen molar-refractivity contribution in [3.63, 3.8) is 0 Å². The molecule has 7 heteroatoms. The van der Waals surface area contributed by atoms with E-state index in [2.05, 4.69) is 9.46 Å². The van der Waals surface area contributed by atoms with Gasteiger partial charge in [-0.05, 0) is 31.0 Å². The first-order valence-corrected chi connectivity index (χ1v) is 8.15. The highest BCUT2D eigenvalue weighted by Gasteiger charge is 2.31. The summed E-state index contributed by atoms with van der Waals surface area (Å²) in [5.74, 6) is -0.605. The molecule has 0 radical (unpaired) electrons. The highest BCUT2D eigenvalue weighted by atomic mass is 32.2. The van der Waals surface area contributed by atoms with Gasteiger partial charge >= 0.3 is 5.97 Å². The molecule has 0 aliphatic carbocycles. The van der Waals surface area contributed by atoms with Gasteiger partial charge in [0.25, 0.3) is 0 Å². The third-order valence-electron chi connectivity index (χ3n) is 3.57. The van der Waals surface area contributed by atoms with Crippen molar-refractivity contribution in [1.82, 2.24) is 4.72 Å². The lowest BCUT2D eigenvalue weighted by molar-refractivity contribution is 0.0600. The molecule has 1 aromatic rings. The molecule has 1 aromatic carbocycles. The fourth-order valence-electron chi connectivity index (χ4n) is 1.90. The summed E-state index contributed by atoms with van der Waals surface area (Å²) in [7, 11) is -2.61. The fourth-order valence-corrected chi connectivity index (χ4v) is 3.48. The Balaban J connectivity index is 3.16. The van der Waals surface area contributed by atoms with Gasteiger partial charge in [0.05, 0.1) is 29.7 Å². The van der Waals surface area contributed by atoms with Crippen LogP contribution in [0, 0.1) is 0 Å². The van der Waals surface area contributed by atoms with Crippen LogP contribution in [-0.2, 0) is 14.8 Å². The van der Waals surface area contributed by atoms with Crippen molar-refractivity contribution in [2.75, 3.05) is 13.7 Å². The van der Waals surface area contributed by atoms with Crippen molar-refractivity contribution in [2.45, 2.75) is 37.1 Å². The number of carbonyl (C=O) groups excluding carboxylic acids is 1. The van der Waals surface area contributed by atoms with Crippen molar-refractivity contribution >= 4 is 16.0 Å². The standard InChI is InChI=1S/C14H21NO5S/c1-4-14(5-2,10-16)15-21(18,19)12-8-6-7-11(9-12)13(17)20-3/h6-9,15-16H,4-5,10H2,1-3H3. The van der Waals surface area contributed by atoms with Gasteiger partial charge in [0.1, 0.15) is 0 Å². The lowest BCUT2D eigenvalue weighted by Crippen LogP contribution is -2.50. The van der Waals surface area contributed by atoms with Gasteiger partial charge in [-0.25, -0.2) is 17.9 Å². The second-order valence-electron chi connectivity index (χ2n) is 4.77. The molecule has 21 heavy (non-hydrogen) atoms. The zero-order valence-corrected chi connectivity index (χ0v) is 13.2. The molecule has 0 amide bonds. The van der Waals surface area contributed by atoms with Gasteiger partial charge in [-0.2, -0.15) is 0 Å². The first-order chi connectivity index (χ1) is 9.84. The molecule has 0 aliphatic heterocycles. The second kappa shape index (κ2) is 7.02. The van der Waals surface area contributed by atoms with Crippen molar-refractivity contribution in [2.24, 2.45) is 0 Å². The van der Waals surface area contributed by atoms with Gasteiger partial charge in [-0.3, -0.25) is 0 Å². The fraction of sp³-hybridized carbons (Fsp3) is 0.500. The second-order valence-corrected chi connectivity index (χ2v) is 6.45. The maximum Gasteiger partial charge on any atom is 0.337 e. The molecule has 0 bridgehead atoms. The maximum atomic E-state index is 12.4. The number of ether oxygens (including phenoxy) is 1. The van der Waals surface area contributed by atoms with Crippen molar-refractivity contribution in [3.8, 4) is 0 Å². The maximum absolute atomic E-state index is 12.4. The number of sulfonamides is 1. The molecule has 0 spiro atoms. The predicted molar refractivity (Wildman–Crippen MR) is 78.5 cm³/mol. The average molecular weight is 315 g/mol. The van der Waals surface area contributed by atoms with E-state index in [4.69, 9.17) is 0 Å². The third-order valence-corrected chi connectivity index (χ3v) is 5.15. The Morgan fingerprint density at radius 3 is 2.43 bits per heavy atom. The molecular formula is C14H21NO5S. The summed E-state index contributed by atoms with van der Waals surface area (Å²) < 4.78 is 31.9. The van der Waals surface area contributed by atoms with E-state index >= 15 is 0 Å². The molecule has 0 fully saturated rings. The number of aliphatic hydroxyl groups excluding tert-OH is 1. The molecule has 0 saturated carbocycles. The van der Waals surface area contributed by atoms with E-state index in [1.54, 1.807) is 13.8 Å². The third kappa shape index (κ3) is 4.03. The molecule has 0 heterocycles. The molecule has 0 aromatic heterocycles. The summed E-state index contributed by atoms with van der Waals surface area (Å²) in [5, 5.41) is 9.47. The zero-order chi connectivity index (χ0) is 16.1. The van der Waals surface area contributed by atoms with Crippen LogP contribution in [0.4, 0.5) is 0 Å². The van der Waals surface area contributed by atoms with Gasteiger partial charge < -0.3 is 9.84 Å². The molecule has 0 unspecified atom stereocenters. The Bertz CT molecular complexity index is 585. The Morgan fingerprint density at radius 1 is 1.33 bits per heavy atom. The summed E-state index contributed by atoms with van der Waals surface area (Å²) in [4.78, 5) is 11.4. The summed E-state index contributed by atoms with van der Waals surface area (Å²) in [5.41, 5.74) is -0.747. The van der Waals surface area contributed by atoms with E-state index in [9.17, 15) is 18.3 Å². The van der Waals surface area contributed by atoms with Gasteiger partial charge in [0.2, 0.25) is 10.0 Å². The highest BCUT2D eigenvalue weighted by Crippen LogP contribution is 2.20. The van der Waals surface area contributed by atoms with Crippen molar-refractivity contribution in [3.05, 3.63) is 29.8 Å². The molecule has 6 nitrogen and oxygen atoms in total. The minimum atomic E-state index is -3.84. The average Bonchev–Trinajstić information content (AvgIpc) is 2.52. The monoisotopic (exact) mass is 315 g/mol. The van der Waals surface area contributed by atoms with Crippen LogP contribution in [0.3, 0.4) is 0 Å². The number of aliphatic hydroxyl groups is 1. The number of rotatable bonds is 7. The topological polar surface area (TPSA) is 92.7 Å². The summed E-state index contributed by atoms with van der Waals surface area (Å²) >= 11 is 0. The highest BCUT2D eigenvalue weighted by molar-refractivity contribution is 7.89. The minimum absolute atomic E-state index is 0.0369. The van der Waals surface area contributed by atoms with E-state index in [1.165, 1.54) is 31.4 Å². The van der Waals surface area contributed by atoms with E-state index in [0.717, 1.165) is 0 Å². The minimum Gasteiger partial charge on any atom is -0.465 e. The summed E-state index contributed by atoms with van der Waals surface area (Å²) in [6.07, 6.45) is 0.909. The number of esters is 1. The van der Waals surface area contributed by atoms with Crippen LogP contribution in [0.1, 0.15) is 37.0 Å². The van der Waals surface area contributed by atoms with Crippen LogP contribution < -0.4 is 4.72 Å². The number of hydrogen-bond acceptors (Lipinski definition) is 5. The molecule has 118 valence electrons. The predicted octanol–water partition coefficient (Wildman–Crippen LogP) is 1.30.